The predicted molar refractivity (Wildman–Crippen MR) is 126 cm³/mol. The number of hydrogen-bond acceptors (Lipinski definition) is 5. The average Bonchev–Trinajstić information content (AvgIpc) is 3.09. The summed E-state index contributed by atoms with van der Waals surface area (Å²) < 4.78 is 43.5. The summed E-state index contributed by atoms with van der Waals surface area (Å²) in [5, 5.41) is -0.0205. The minimum absolute atomic E-state index is 0.0205. The number of nitrogens with one attached hydrogen (secondary N) is 1. The first-order valence-corrected chi connectivity index (χ1v) is 12.5. The van der Waals surface area contributed by atoms with Crippen molar-refractivity contribution in [2.45, 2.75) is 37.1 Å². The second kappa shape index (κ2) is 9.41. The highest BCUT2D eigenvalue weighted by atomic mass is 32.2. The van der Waals surface area contributed by atoms with Gasteiger partial charge in [-0.15, -0.1) is 0 Å². The Hall–Kier alpha value is -3.47. The first-order chi connectivity index (χ1) is 16.2. The number of aryl methyl sites for hydroxylation is 1. The lowest BCUT2D eigenvalue weighted by Crippen LogP contribution is -2.44. The van der Waals surface area contributed by atoms with E-state index in [0.29, 0.717) is 13.1 Å². The lowest BCUT2D eigenvalue weighted by atomic mass is 10.2. The van der Waals surface area contributed by atoms with Crippen molar-refractivity contribution in [3.8, 4) is 0 Å². The molecule has 0 spiro atoms. The quantitative estimate of drug-likeness (QED) is 0.591. The Kier molecular flexibility index (Phi) is 6.56. The third-order valence-electron chi connectivity index (χ3n) is 5.96. The third kappa shape index (κ3) is 4.74. The molecule has 0 radical (unpaired) electrons. The SMILES string of the molecule is Cn1c(=O)n(CC(=O)N2CCCCCC2)c(=O)c2cc(S(=O)(=O)Nc3cccc(F)c3)ccc21. The van der Waals surface area contributed by atoms with E-state index < -0.39 is 33.6 Å². The molecule has 9 nitrogen and oxygen atoms in total. The molecule has 1 aliphatic rings. The van der Waals surface area contributed by atoms with Gasteiger partial charge in [-0.2, -0.15) is 0 Å². The lowest BCUT2D eigenvalue weighted by Gasteiger charge is -2.21. The minimum Gasteiger partial charge on any atom is -0.341 e. The normalized spacial score (nSPS) is 14.7. The van der Waals surface area contributed by atoms with E-state index in [1.807, 2.05) is 0 Å². The summed E-state index contributed by atoms with van der Waals surface area (Å²) in [5.74, 6) is -0.928. The fraction of sp³-hybridized carbons (Fsp3) is 0.348. The van der Waals surface area contributed by atoms with Gasteiger partial charge < -0.3 is 4.90 Å². The highest BCUT2D eigenvalue weighted by molar-refractivity contribution is 7.92. The molecule has 1 aliphatic heterocycles. The van der Waals surface area contributed by atoms with Crippen LogP contribution in [-0.2, 0) is 28.4 Å². The van der Waals surface area contributed by atoms with Gasteiger partial charge in [-0.3, -0.25) is 23.4 Å². The molecule has 1 saturated heterocycles. The molecule has 1 N–H and O–H groups in total. The largest absolute Gasteiger partial charge is 0.341 e. The molecule has 4 rings (SSSR count). The fourth-order valence-corrected chi connectivity index (χ4v) is 5.20. The smallest absolute Gasteiger partial charge is 0.331 e. The van der Waals surface area contributed by atoms with Gasteiger partial charge in [-0.05, 0) is 49.2 Å². The van der Waals surface area contributed by atoms with E-state index in [2.05, 4.69) is 4.72 Å². The highest BCUT2D eigenvalue weighted by Crippen LogP contribution is 2.20. The molecule has 0 atom stereocenters. The van der Waals surface area contributed by atoms with Gasteiger partial charge in [0, 0.05) is 20.1 Å². The zero-order valence-corrected chi connectivity index (χ0v) is 19.5. The van der Waals surface area contributed by atoms with Crippen molar-refractivity contribution in [3.05, 3.63) is 69.1 Å². The van der Waals surface area contributed by atoms with Crippen LogP contribution in [0.1, 0.15) is 25.7 Å². The molecule has 0 saturated carbocycles. The van der Waals surface area contributed by atoms with Crippen molar-refractivity contribution in [1.82, 2.24) is 14.0 Å². The van der Waals surface area contributed by atoms with E-state index in [1.165, 1.54) is 41.9 Å². The van der Waals surface area contributed by atoms with E-state index in [4.69, 9.17) is 0 Å². The van der Waals surface area contributed by atoms with Gasteiger partial charge in [-0.25, -0.2) is 17.6 Å². The molecule has 1 aromatic heterocycles. The topological polar surface area (TPSA) is 110 Å². The Morgan fingerprint density at radius 2 is 1.74 bits per heavy atom. The number of fused-ring (bicyclic) bond motifs is 1. The van der Waals surface area contributed by atoms with Gasteiger partial charge in [0.25, 0.3) is 15.6 Å². The number of carbonyl (C=O) groups is 1. The Bertz CT molecular complexity index is 1470. The number of rotatable bonds is 5. The molecule has 0 unspecified atom stereocenters. The van der Waals surface area contributed by atoms with Crippen molar-refractivity contribution in [2.75, 3.05) is 17.8 Å². The van der Waals surface area contributed by atoms with E-state index >= 15 is 0 Å². The Morgan fingerprint density at radius 1 is 1.03 bits per heavy atom. The summed E-state index contributed by atoms with van der Waals surface area (Å²) >= 11 is 0. The minimum atomic E-state index is -4.15. The molecule has 180 valence electrons. The number of halogens is 1. The van der Waals surface area contributed by atoms with E-state index in [1.54, 1.807) is 4.90 Å². The predicted octanol–water partition coefficient (Wildman–Crippen LogP) is 2.04. The molecule has 11 heteroatoms. The first-order valence-electron chi connectivity index (χ1n) is 11.0. The van der Waals surface area contributed by atoms with E-state index in [0.717, 1.165) is 42.4 Å². The Morgan fingerprint density at radius 3 is 2.41 bits per heavy atom. The van der Waals surface area contributed by atoms with Gasteiger partial charge in [0.2, 0.25) is 5.91 Å². The number of anilines is 1. The number of carbonyl (C=O) groups excluding carboxylic acids is 1. The van der Waals surface area contributed by atoms with Crippen LogP contribution in [0.25, 0.3) is 10.9 Å². The van der Waals surface area contributed by atoms with Gasteiger partial charge in [0.1, 0.15) is 12.4 Å². The van der Waals surface area contributed by atoms with Crippen LogP contribution in [-0.4, -0.2) is 41.4 Å². The van der Waals surface area contributed by atoms with Crippen LogP contribution in [0.3, 0.4) is 0 Å². The molecule has 1 fully saturated rings. The number of nitrogens with zero attached hydrogens (tertiary/aromatic N) is 3. The monoisotopic (exact) mass is 488 g/mol. The first kappa shape index (κ1) is 23.7. The zero-order chi connectivity index (χ0) is 24.5. The van der Waals surface area contributed by atoms with Crippen molar-refractivity contribution in [1.29, 1.82) is 0 Å². The number of likely N-dealkylation sites (tertiary alicyclic amines) is 1. The molecule has 2 aromatic carbocycles. The highest BCUT2D eigenvalue weighted by Gasteiger charge is 2.21. The molecule has 0 aliphatic carbocycles. The van der Waals surface area contributed by atoms with Crippen LogP contribution in [0.4, 0.5) is 10.1 Å². The van der Waals surface area contributed by atoms with Crippen molar-refractivity contribution in [3.63, 3.8) is 0 Å². The molecule has 2 heterocycles. The number of amides is 1. The van der Waals surface area contributed by atoms with Crippen molar-refractivity contribution >= 4 is 32.5 Å². The molecular formula is C23H25FN4O5S. The van der Waals surface area contributed by atoms with Gasteiger partial charge in [-0.1, -0.05) is 18.9 Å². The van der Waals surface area contributed by atoms with Crippen molar-refractivity contribution in [2.24, 2.45) is 7.05 Å². The fourth-order valence-electron chi connectivity index (χ4n) is 4.12. The molecule has 1 amide bonds. The van der Waals surface area contributed by atoms with Crippen LogP contribution in [0.5, 0.6) is 0 Å². The maximum Gasteiger partial charge on any atom is 0.331 e. The summed E-state index contributed by atoms with van der Waals surface area (Å²) in [6.45, 7) is 0.741. The summed E-state index contributed by atoms with van der Waals surface area (Å²) in [5.41, 5.74) is -1.14. The second-order valence-corrected chi connectivity index (χ2v) is 10.0. The maximum absolute atomic E-state index is 13.5. The van der Waals surface area contributed by atoms with Gasteiger partial charge in [0.15, 0.2) is 0 Å². The van der Waals surface area contributed by atoms with E-state index in [-0.39, 0.29) is 27.4 Å². The summed E-state index contributed by atoms with van der Waals surface area (Å²) in [4.78, 5) is 40.3. The van der Waals surface area contributed by atoms with Crippen molar-refractivity contribution < 1.29 is 17.6 Å². The zero-order valence-electron chi connectivity index (χ0n) is 18.7. The number of benzene rings is 2. The average molecular weight is 489 g/mol. The summed E-state index contributed by atoms with van der Waals surface area (Å²) in [6.07, 6.45) is 3.80. The maximum atomic E-state index is 13.5. The summed E-state index contributed by atoms with van der Waals surface area (Å²) in [7, 11) is -2.69. The van der Waals surface area contributed by atoms with E-state index in [9.17, 15) is 27.2 Å². The standard InChI is InChI=1S/C23H25FN4O5S/c1-26-20-10-9-18(34(32,33)25-17-8-6-7-16(24)13-17)14-19(20)22(30)28(23(26)31)15-21(29)27-11-4-2-3-5-12-27/h6-10,13-14,25H,2-5,11-12,15H2,1H3. The Labute approximate surface area is 195 Å². The van der Waals surface area contributed by atoms with Gasteiger partial charge in [0.05, 0.1) is 21.5 Å². The second-order valence-electron chi connectivity index (χ2n) is 8.32. The number of aromatic nitrogens is 2. The lowest BCUT2D eigenvalue weighted by molar-refractivity contribution is -0.131. The van der Waals surface area contributed by atoms with Crippen LogP contribution in [0.2, 0.25) is 0 Å². The molecule has 0 bridgehead atoms. The van der Waals surface area contributed by atoms with Gasteiger partial charge >= 0.3 is 5.69 Å². The molecule has 34 heavy (non-hydrogen) atoms. The van der Waals surface area contributed by atoms with Crippen LogP contribution >= 0.6 is 0 Å². The van der Waals surface area contributed by atoms with Crippen LogP contribution in [0, 0.1) is 5.82 Å². The molecular weight excluding hydrogens is 463 g/mol. The third-order valence-corrected chi connectivity index (χ3v) is 7.34. The molecule has 3 aromatic rings. The number of hydrogen-bond donors (Lipinski definition) is 1. The number of sulfonamides is 1. The van der Waals surface area contributed by atoms with Crippen LogP contribution < -0.4 is 16.0 Å². The van der Waals surface area contributed by atoms with Crippen LogP contribution in [0.15, 0.2) is 56.9 Å². The Balaban J connectivity index is 1.73. The summed E-state index contributed by atoms with van der Waals surface area (Å²) in [6, 6.07) is 8.75.